The lowest BCUT2D eigenvalue weighted by Gasteiger charge is -2.34. The molecule has 2 aliphatic rings. The first kappa shape index (κ1) is 26.5. The second-order valence-corrected chi connectivity index (χ2v) is 10.7. The number of carbonyl (C=O) groups is 1. The zero-order chi connectivity index (χ0) is 25.6. The van der Waals surface area contributed by atoms with Crippen molar-refractivity contribution in [1.82, 2.24) is 0 Å². The Morgan fingerprint density at radius 2 is 1.69 bits per heavy atom. The van der Waals surface area contributed by atoms with Crippen LogP contribution in [0.5, 0.6) is 5.75 Å². The number of hydrogen-bond acceptors (Lipinski definition) is 3. The van der Waals surface area contributed by atoms with Crippen molar-refractivity contribution >= 4 is 6.29 Å². The fourth-order valence-corrected chi connectivity index (χ4v) is 5.99. The molecule has 0 bridgehead atoms. The number of unbranched alkanes of at least 4 members (excludes halogenated alkanes) is 2. The third-order valence-electron chi connectivity index (χ3n) is 8.50. The monoisotopic (exact) mass is 486 g/mol. The maximum Gasteiger partial charge on any atom is 0.148 e. The third-order valence-corrected chi connectivity index (χ3v) is 8.50. The van der Waals surface area contributed by atoms with Crippen molar-refractivity contribution in [2.45, 2.75) is 109 Å². The van der Waals surface area contributed by atoms with Crippen molar-refractivity contribution in [1.29, 1.82) is 0 Å². The van der Waals surface area contributed by atoms with Gasteiger partial charge in [-0.25, -0.2) is 0 Å². The van der Waals surface area contributed by atoms with Crippen LogP contribution in [0.3, 0.4) is 0 Å². The minimum atomic E-state index is -0.0459. The summed E-state index contributed by atoms with van der Waals surface area (Å²) in [5.74, 6) is 7.81. The van der Waals surface area contributed by atoms with Gasteiger partial charge in [-0.2, -0.15) is 0 Å². The van der Waals surface area contributed by atoms with Crippen LogP contribution in [0.2, 0.25) is 0 Å². The van der Waals surface area contributed by atoms with Gasteiger partial charge in [0.15, 0.2) is 0 Å². The average Bonchev–Trinajstić information content (AvgIpc) is 3.56. The van der Waals surface area contributed by atoms with Gasteiger partial charge in [0.2, 0.25) is 0 Å². The molecular weight excluding hydrogens is 444 g/mol. The largest absolute Gasteiger partial charge is 0.493 e. The Labute approximate surface area is 218 Å². The number of carbonyl (C=O) groups excluding carboxylic acids is 1. The molecule has 1 aliphatic carbocycles. The first-order valence-electron chi connectivity index (χ1n) is 14.0. The highest BCUT2D eigenvalue weighted by atomic mass is 16.6. The predicted octanol–water partition coefficient (Wildman–Crippen LogP) is 7.61. The van der Waals surface area contributed by atoms with Crippen LogP contribution in [0.15, 0.2) is 36.4 Å². The average molecular weight is 487 g/mol. The van der Waals surface area contributed by atoms with Crippen LogP contribution < -0.4 is 4.74 Å². The summed E-state index contributed by atoms with van der Waals surface area (Å²) in [6, 6.07) is 13.5. The Hall–Kier alpha value is -2.57. The van der Waals surface area contributed by atoms with Gasteiger partial charge < -0.3 is 14.3 Å². The first-order valence-corrected chi connectivity index (χ1v) is 14.0. The van der Waals surface area contributed by atoms with Crippen LogP contribution in [-0.4, -0.2) is 24.6 Å². The highest BCUT2D eigenvalue weighted by Gasteiger charge is 2.55. The van der Waals surface area contributed by atoms with Crippen LogP contribution in [0.4, 0.5) is 0 Å². The molecule has 1 saturated heterocycles. The molecule has 1 heterocycles. The minimum absolute atomic E-state index is 0.0459. The Bertz CT molecular complexity index is 1110. The first-order chi connectivity index (χ1) is 17.5. The summed E-state index contributed by atoms with van der Waals surface area (Å²) in [4.78, 5) is 10.5. The minimum Gasteiger partial charge on any atom is -0.493 e. The standard InChI is InChI=1S/C33H42O3/c1-5-32(6-2,29-16-17-30(26(4)24-29)35-22-12-8-11-21-34)28-15-13-27(25(3)23-28)14-18-31-33(36-31)19-9-7-10-20-33/h13,15-17,21,23-24,31H,5-12,19-20,22H2,1-4H3. The van der Waals surface area contributed by atoms with E-state index in [0.29, 0.717) is 13.0 Å². The van der Waals surface area contributed by atoms with Crippen molar-refractivity contribution in [2.75, 3.05) is 6.61 Å². The molecule has 0 aromatic heterocycles. The number of benzene rings is 2. The van der Waals surface area contributed by atoms with Crippen molar-refractivity contribution in [3.8, 4) is 17.6 Å². The number of ether oxygens (including phenoxy) is 2. The Kier molecular flexibility index (Phi) is 8.58. The van der Waals surface area contributed by atoms with Crippen LogP contribution >= 0.6 is 0 Å². The molecule has 1 saturated carbocycles. The number of epoxide rings is 1. The van der Waals surface area contributed by atoms with E-state index in [9.17, 15) is 4.79 Å². The van der Waals surface area contributed by atoms with Gasteiger partial charge in [-0.1, -0.05) is 69.2 Å². The highest BCUT2D eigenvalue weighted by molar-refractivity contribution is 5.50. The zero-order valence-electron chi connectivity index (χ0n) is 22.6. The molecule has 1 spiro atoms. The molecule has 0 amide bonds. The van der Waals surface area contributed by atoms with E-state index in [1.807, 2.05) is 0 Å². The van der Waals surface area contributed by atoms with Gasteiger partial charge in [0.05, 0.1) is 6.61 Å². The van der Waals surface area contributed by atoms with E-state index >= 15 is 0 Å². The SMILES string of the molecule is CCC(CC)(c1ccc(C#CC2OC23CCCCC3)c(C)c1)c1ccc(OCCCCC=O)c(C)c1. The fraction of sp³-hybridized carbons (Fsp3) is 0.545. The van der Waals surface area contributed by atoms with E-state index in [-0.39, 0.29) is 17.1 Å². The zero-order valence-corrected chi connectivity index (χ0v) is 22.6. The van der Waals surface area contributed by atoms with Gasteiger partial charge in [-0.3, -0.25) is 0 Å². The molecule has 1 aliphatic heterocycles. The molecular formula is C33H42O3. The number of aldehydes is 1. The van der Waals surface area contributed by atoms with Gasteiger partial charge >= 0.3 is 0 Å². The molecule has 2 aromatic carbocycles. The summed E-state index contributed by atoms with van der Waals surface area (Å²) >= 11 is 0. The van der Waals surface area contributed by atoms with E-state index in [0.717, 1.165) is 48.8 Å². The summed E-state index contributed by atoms with van der Waals surface area (Å²) in [6.07, 6.45) is 11.8. The third kappa shape index (κ3) is 5.55. The highest BCUT2D eigenvalue weighted by Crippen LogP contribution is 2.48. The molecule has 4 rings (SSSR count). The lowest BCUT2D eigenvalue weighted by atomic mass is 9.70. The maximum atomic E-state index is 10.5. The maximum absolute atomic E-state index is 10.5. The normalized spacial score (nSPS) is 18.4. The predicted molar refractivity (Wildman–Crippen MR) is 147 cm³/mol. The lowest BCUT2D eigenvalue weighted by molar-refractivity contribution is -0.107. The molecule has 0 N–H and O–H groups in total. The molecule has 2 aromatic rings. The summed E-state index contributed by atoms with van der Waals surface area (Å²) in [5.41, 5.74) is 6.21. The molecule has 2 fully saturated rings. The second kappa shape index (κ2) is 11.7. The van der Waals surface area contributed by atoms with Crippen molar-refractivity contribution in [2.24, 2.45) is 0 Å². The topological polar surface area (TPSA) is 38.8 Å². The summed E-state index contributed by atoms with van der Waals surface area (Å²) < 4.78 is 12.1. The Morgan fingerprint density at radius 3 is 2.33 bits per heavy atom. The van der Waals surface area contributed by atoms with Gasteiger partial charge in [-0.05, 0) is 86.8 Å². The van der Waals surface area contributed by atoms with Crippen LogP contribution in [0.1, 0.15) is 106 Å². The van der Waals surface area contributed by atoms with Gasteiger partial charge in [-0.15, -0.1) is 0 Å². The second-order valence-electron chi connectivity index (χ2n) is 10.7. The lowest BCUT2D eigenvalue weighted by Crippen LogP contribution is -2.26. The van der Waals surface area contributed by atoms with Crippen LogP contribution in [-0.2, 0) is 14.9 Å². The molecule has 3 heteroatoms. The smallest absolute Gasteiger partial charge is 0.148 e. The summed E-state index contributed by atoms with van der Waals surface area (Å²) in [6.45, 7) is 9.53. The van der Waals surface area contributed by atoms with Crippen LogP contribution in [0.25, 0.3) is 0 Å². The molecule has 1 atom stereocenters. The number of rotatable bonds is 10. The van der Waals surface area contributed by atoms with E-state index in [2.05, 4.69) is 75.9 Å². The summed E-state index contributed by atoms with van der Waals surface area (Å²) in [5, 5.41) is 0. The fourth-order valence-electron chi connectivity index (χ4n) is 5.99. The summed E-state index contributed by atoms with van der Waals surface area (Å²) in [7, 11) is 0. The molecule has 3 nitrogen and oxygen atoms in total. The number of hydrogen-bond donors (Lipinski definition) is 0. The Morgan fingerprint density at radius 1 is 1.00 bits per heavy atom. The number of aryl methyl sites for hydroxylation is 2. The van der Waals surface area contributed by atoms with Gasteiger partial charge in [0.1, 0.15) is 23.7 Å². The van der Waals surface area contributed by atoms with E-state index in [1.165, 1.54) is 48.8 Å². The molecule has 1 unspecified atom stereocenters. The van der Waals surface area contributed by atoms with Crippen LogP contribution in [0, 0.1) is 25.7 Å². The Balaban J connectivity index is 1.51. The van der Waals surface area contributed by atoms with Crippen molar-refractivity contribution in [3.63, 3.8) is 0 Å². The van der Waals surface area contributed by atoms with Gasteiger partial charge in [0.25, 0.3) is 0 Å². The molecule has 192 valence electrons. The molecule has 36 heavy (non-hydrogen) atoms. The van der Waals surface area contributed by atoms with Crippen molar-refractivity contribution in [3.05, 3.63) is 64.2 Å². The van der Waals surface area contributed by atoms with E-state index in [1.54, 1.807) is 0 Å². The van der Waals surface area contributed by atoms with Crippen molar-refractivity contribution < 1.29 is 14.3 Å². The van der Waals surface area contributed by atoms with E-state index < -0.39 is 0 Å². The van der Waals surface area contributed by atoms with E-state index in [4.69, 9.17) is 9.47 Å². The molecule has 0 radical (unpaired) electrons. The quantitative estimate of drug-likeness (QED) is 0.150. The van der Waals surface area contributed by atoms with Gasteiger partial charge in [0, 0.05) is 17.4 Å².